The third-order valence-corrected chi connectivity index (χ3v) is 4.13. The van der Waals surface area contributed by atoms with Crippen LogP contribution in [0, 0.1) is 12.3 Å². The van der Waals surface area contributed by atoms with E-state index in [4.69, 9.17) is 4.74 Å². The minimum Gasteiger partial charge on any atom is -0.497 e. The molecule has 1 aliphatic carbocycles. The molecule has 88 valence electrons. The van der Waals surface area contributed by atoms with Gasteiger partial charge in [-0.05, 0) is 49.9 Å². The summed E-state index contributed by atoms with van der Waals surface area (Å²) in [6, 6.07) is 5.88. The number of rotatable bonds is 3. The van der Waals surface area contributed by atoms with Crippen molar-refractivity contribution in [1.82, 2.24) is 0 Å². The Morgan fingerprint density at radius 3 is 2.44 bits per heavy atom. The first-order valence-electron chi connectivity index (χ1n) is 5.78. The molecule has 0 saturated heterocycles. The van der Waals surface area contributed by atoms with Crippen LogP contribution in [0.25, 0.3) is 0 Å². The second-order valence-electron chi connectivity index (χ2n) is 5.31. The molecule has 1 fully saturated rings. The first-order chi connectivity index (χ1) is 7.40. The largest absolute Gasteiger partial charge is 0.497 e. The molecule has 1 atom stereocenters. The van der Waals surface area contributed by atoms with Crippen molar-refractivity contribution >= 4 is 0 Å². The van der Waals surface area contributed by atoms with Gasteiger partial charge in [0.15, 0.2) is 0 Å². The first kappa shape index (κ1) is 11.5. The fourth-order valence-electron chi connectivity index (χ4n) is 2.31. The lowest BCUT2D eigenvalue weighted by Crippen LogP contribution is -2.32. The quantitative estimate of drug-likeness (QED) is 0.848. The maximum absolute atomic E-state index is 10.7. The van der Waals surface area contributed by atoms with E-state index >= 15 is 0 Å². The Hall–Kier alpha value is -1.02. The zero-order valence-electron chi connectivity index (χ0n) is 10.5. The molecule has 0 aliphatic heterocycles. The van der Waals surface area contributed by atoms with E-state index in [-0.39, 0.29) is 5.41 Å². The SMILES string of the molecule is COc1ccc(C(C)(O)C2(C)CC2)c(C)c1. The van der Waals surface area contributed by atoms with E-state index in [2.05, 4.69) is 6.92 Å². The Balaban J connectivity index is 2.40. The topological polar surface area (TPSA) is 29.5 Å². The predicted molar refractivity (Wildman–Crippen MR) is 64.6 cm³/mol. The minimum atomic E-state index is -0.733. The molecule has 1 aromatic carbocycles. The van der Waals surface area contributed by atoms with Gasteiger partial charge in [-0.1, -0.05) is 13.0 Å². The van der Waals surface area contributed by atoms with Crippen molar-refractivity contribution < 1.29 is 9.84 Å². The number of hydrogen-bond donors (Lipinski definition) is 1. The van der Waals surface area contributed by atoms with E-state index in [1.54, 1.807) is 7.11 Å². The third-order valence-electron chi connectivity index (χ3n) is 4.13. The minimum absolute atomic E-state index is 0.0480. The average molecular weight is 220 g/mol. The standard InChI is InChI=1S/C14H20O2/c1-10-9-11(16-4)5-6-12(10)14(3,15)13(2)7-8-13/h5-6,9,15H,7-8H2,1-4H3. The summed E-state index contributed by atoms with van der Waals surface area (Å²) in [7, 11) is 1.66. The molecule has 0 spiro atoms. The number of hydrogen-bond acceptors (Lipinski definition) is 2. The maximum atomic E-state index is 10.7. The van der Waals surface area contributed by atoms with Gasteiger partial charge in [0.2, 0.25) is 0 Å². The van der Waals surface area contributed by atoms with Crippen molar-refractivity contribution in [2.75, 3.05) is 7.11 Å². The molecular formula is C14H20O2. The van der Waals surface area contributed by atoms with E-state index < -0.39 is 5.60 Å². The number of methoxy groups -OCH3 is 1. The van der Waals surface area contributed by atoms with E-state index in [1.165, 1.54) is 0 Å². The normalized spacial score (nSPS) is 21.3. The van der Waals surface area contributed by atoms with Crippen LogP contribution in [0.4, 0.5) is 0 Å². The van der Waals surface area contributed by atoms with Gasteiger partial charge >= 0.3 is 0 Å². The van der Waals surface area contributed by atoms with Crippen LogP contribution in [0.2, 0.25) is 0 Å². The zero-order chi connectivity index (χ0) is 12.0. The van der Waals surface area contributed by atoms with Crippen LogP contribution >= 0.6 is 0 Å². The fourth-order valence-corrected chi connectivity index (χ4v) is 2.31. The van der Waals surface area contributed by atoms with Crippen LogP contribution in [0.15, 0.2) is 18.2 Å². The highest BCUT2D eigenvalue weighted by Crippen LogP contribution is 2.58. The van der Waals surface area contributed by atoms with Gasteiger partial charge in [0.25, 0.3) is 0 Å². The molecule has 1 aliphatic rings. The van der Waals surface area contributed by atoms with Gasteiger partial charge in [-0.2, -0.15) is 0 Å². The highest BCUT2D eigenvalue weighted by atomic mass is 16.5. The van der Waals surface area contributed by atoms with E-state index in [0.717, 1.165) is 29.7 Å². The Kier molecular flexibility index (Phi) is 2.50. The summed E-state index contributed by atoms with van der Waals surface area (Å²) in [5.74, 6) is 0.845. The number of ether oxygens (including phenoxy) is 1. The molecule has 1 N–H and O–H groups in total. The average Bonchev–Trinajstić information content (AvgIpc) is 2.97. The number of benzene rings is 1. The van der Waals surface area contributed by atoms with E-state index in [9.17, 15) is 5.11 Å². The Bertz CT molecular complexity index is 403. The van der Waals surface area contributed by atoms with Crippen LogP contribution in [0.5, 0.6) is 5.75 Å². The van der Waals surface area contributed by atoms with Gasteiger partial charge in [0, 0.05) is 5.41 Å². The van der Waals surface area contributed by atoms with Crippen molar-refractivity contribution in [3.8, 4) is 5.75 Å². The zero-order valence-corrected chi connectivity index (χ0v) is 10.5. The molecule has 1 saturated carbocycles. The second kappa shape index (κ2) is 3.49. The van der Waals surface area contributed by atoms with Gasteiger partial charge in [-0.15, -0.1) is 0 Å². The lowest BCUT2D eigenvalue weighted by atomic mass is 9.79. The van der Waals surface area contributed by atoms with E-state index in [1.807, 2.05) is 32.0 Å². The Morgan fingerprint density at radius 1 is 1.38 bits per heavy atom. The van der Waals surface area contributed by atoms with Crippen molar-refractivity contribution in [1.29, 1.82) is 0 Å². The predicted octanol–water partition coefficient (Wildman–Crippen LogP) is 3.01. The number of aryl methyl sites for hydroxylation is 1. The molecule has 1 unspecified atom stereocenters. The maximum Gasteiger partial charge on any atom is 0.119 e. The summed E-state index contributed by atoms with van der Waals surface area (Å²) in [6.45, 7) is 6.10. The smallest absolute Gasteiger partial charge is 0.119 e. The highest BCUT2D eigenvalue weighted by Gasteiger charge is 2.53. The monoisotopic (exact) mass is 220 g/mol. The van der Waals surface area contributed by atoms with Crippen LogP contribution in [0.3, 0.4) is 0 Å². The summed E-state index contributed by atoms with van der Waals surface area (Å²) >= 11 is 0. The van der Waals surface area contributed by atoms with Crippen LogP contribution in [-0.2, 0) is 5.60 Å². The molecule has 2 nitrogen and oxygen atoms in total. The second-order valence-corrected chi connectivity index (χ2v) is 5.31. The molecule has 1 aromatic rings. The summed E-state index contributed by atoms with van der Waals surface area (Å²) in [6.07, 6.45) is 2.21. The molecular weight excluding hydrogens is 200 g/mol. The van der Waals surface area contributed by atoms with Crippen LogP contribution < -0.4 is 4.74 Å². The molecule has 2 heteroatoms. The number of aliphatic hydroxyl groups is 1. The summed E-state index contributed by atoms with van der Waals surface area (Å²) in [5, 5.41) is 10.7. The first-order valence-corrected chi connectivity index (χ1v) is 5.78. The molecule has 0 bridgehead atoms. The Labute approximate surface area is 97.3 Å². The molecule has 0 aromatic heterocycles. The Morgan fingerprint density at radius 2 is 2.00 bits per heavy atom. The molecule has 0 heterocycles. The molecule has 2 rings (SSSR count). The molecule has 0 radical (unpaired) electrons. The van der Waals surface area contributed by atoms with Gasteiger partial charge in [-0.25, -0.2) is 0 Å². The van der Waals surface area contributed by atoms with Gasteiger partial charge in [0.05, 0.1) is 12.7 Å². The van der Waals surface area contributed by atoms with Crippen LogP contribution in [0.1, 0.15) is 37.8 Å². The van der Waals surface area contributed by atoms with Gasteiger partial charge < -0.3 is 9.84 Å². The van der Waals surface area contributed by atoms with Crippen molar-refractivity contribution in [2.24, 2.45) is 5.41 Å². The summed E-state index contributed by atoms with van der Waals surface area (Å²) in [4.78, 5) is 0. The van der Waals surface area contributed by atoms with Crippen LogP contribution in [-0.4, -0.2) is 12.2 Å². The summed E-state index contributed by atoms with van der Waals surface area (Å²) in [5.41, 5.74) is 1.43. The van der Waals surface area contributed by atoms with Gasteiger partial charge in [0.1, 0.15) is 5.75 Å². The molecule has 16 heavy (non-hydrogen) atoms. The van der Waals surface area contributed by atoms with Gasteiger partial charge in [-0.3, -0.25) is 0 Å². The lowest BCUT2D eigenvalue weighted by molar-refractivity contribution is -0.0132. The highest BCUT2D eigenvalue weighted by molar-refractivity contribution is 5.39. The van der Waals surface area contributed by atoms with Crippen molar-refractivity contribution in [3.05, 3.63) is 29.3 Å². The molecule has 0 amide bonds. The fraction of sp³-hybridized carbons (Fsp3) is 0.571. The third kappa shape index (κ3) is 1.61. The lowest BCUT2D eigenvalue weighted by Gasteiger charge is -2.32. The van der Waals surface area contributed by atoms with Crippen molar-refractivity contribution in [2.45, 2.75) is 39.2 Å². The summed E-state index contributed by atoms with van der Waals surface area (Å²) < 4.78 is 5.18. The van der Waals surface area contributed by atoms with E-state index in [0.29, 0.717) is 0 Å². The van der Waals surface area contributed by atoms with Crippen molar-refractivity contribution in [3.63, 3.8) is 0 Å².